The van der Waals surface area contributed by atoms with E-state index in [4.69, 9.17) is 4.98 Å². The number of nitrogens with one attached hydrogen (secondary N) is 1. The average molecular weight is 449 g/mol. The molecule has 0 unspecified atom stereocenters. The number of fused-ring (bicyclic) bond motifs is 1. The van der Waals surface area contributed by atoms with Crippen LogP contribution < -0.4 is 5.32 Å². The van der Waals surface area contributed by atoms with Crippen LogP contribution >= 0.6 is 33.9 Å². The van der Waals surface area contributed by atoms with Gasteiger partial charge >= 0.3 is 0 Å². The Morgan fingerprint density at radius 1 is 1.12 bits per heavy atom. The average Bonchev–Trinajstić information content (AvgIpc) is 3.11. The Morgan fingerprint density at radius 3 is 2.62 bits per heavy atom. The molecule has 0 saturated carbocycles. The first-order valence-electron chi connectivity index (χ1n) is 7.37. The van der Waals surface area contributed by atoms with Crippen LogP contribution in [-0.4, -0.2) is 9.38 Å². The van der Waals surface area contributed by atoms with E-state index in [1.165, 1.54) is 12.1 Å². The molecule has 3 nitrogen and oxygen atoms in total. The molecule has 4 aromatic rings. The lowest BCUT2D eigenvalue weighted by atomic mass is 10.1. The van der Waals surface area contributed by atoms with Crippen molar-refractivity contribution in [2.24, 2.45) is 0 Å². The van der Waals surface area contributed by atoms with Gasteiger partial charge in [0.25, 0.3) is 0 Å². The standard InChI is InChI=1S/C18H13FIN3S/c1-11-10-24-18-22-16(14-4-2-3-5-15(14)20)17(23(11)18)21-13-8-6-12(19)7-9-13/h2-10,21H,1H3. The van der Waals surface area contributed by atoms with Crippen molar-refractivity contribution in [3.05, 3.63) is 69.0 Å². The van der Waals surface area contributed by atoms with E-state index >= 15 is 0 Å². The lowest BCUT2D eigenvalue weighted by Crippen LogP contribution is -1.98. The molecular formula is C18H13FIN3S. The number of nitrogens with zero attached hydrogens (tertiary/aromatic N) is 2. The summed E-state index contributed by atoms with van der Waals surface area (Å²) in [5, 5.41) is 5.49. The molecule has 0 spiro atoms. The largest absolute Gasteiger partial charge is 0.339 e. The third-order valence-electron chi connectivity index (χ3n) is 3.77. The molecule has 0 amide bonds. The molecule has 0 atom stereocenters. The zero-order valence-corrected chi connectivity index (χ0v) is 15.7. The molecule has 2 heterocycles. The summed E-state index contributed by atoms with van der Waals surface area (Å²) in [6.45, 7) is 2.06. The number of benzene rings is 2. The predicted octanol–water partition coefficient (Wildman–Crippen LogP) is 5.86. The fraction of sp³-hybridized carbons (Fsp3) is 0.0556. The SMILES string of the molecule is Cc1csc2nc(-c3ccccc3I)c(Nc3ccc(F)cc3)n12. The van der Waals surface area contributed by atoms with Crippen LogP contribution in [0.2, 0.25) is 0 Å². The minimum atomic E-state index is -0.247. The van der Waals surface area contributed by atoms with Gasteiger partial charge in [0.2, 0.25) is 0 Å². The lowest BCUT2D eigenvalue weighted by molar-refractivity contribution is 0.628. The van der Waals surface area contributed by atoms with Crippen molar-refractivity contribution in [1.82, 2.24) is 9.38 Å². The number of aromatic nitrogens is 2. The molecule has 0 saturated heterocycles. The smallest absolute Gasteiger partial charge is 0.196 e. The van der Waals surface area contributed by atoms with E-state index in [0.717, 1.165) is 37.0 Å². The van der Waals surface area contributed by atoms with Gasteiger partial charge in [-0.15, -0.1) is 11.3 Å². The number of aryl methyl sites for hydroxylation is 1. The Labute approximate surface area is 156 Å². The van der Waals surface area contributed by atoms with Gasteiger partial charge in [-0.2, -0.15) is 0 Å². The molecule has 2 aromatic heterocycles. The second kappa shape index (κ2) is 6.18. The molecule has 0 aliphatic rings. The van der Waals surface area contributed by atoms with Crippen molar-refractivity contribution < 1.29 is 4.39 Å². The van der Waals surface area contributed by atoms with Crippen LogP contribution in [0.1, 0.15) is 5.69 Å². The Balaban J connectivity index is 1.91. The molecule has 0 aliphatic heterocycles. The minimum absolute atomic E-state index is 0.247. The zero-order valence-electron chi connectivity index (χ0n) is 12.8. The van der Waals surface area contributed by atoms with E-state index in [-0.39, 0.29) is 5.82 Å². The van der Waals surface area contributed by atoms with Gasteiger partial charge in [0.15, 0.2) is 4.96 Å². The van der Waals surface area contributed by atoms with Crippen LogP contribution in [0.25, 0.3) is 16.2 Å². The van der Waals surface area contributed by atoms with Gasteiger partial charge in [-0.05, 0) is 59.8 Å². The van der Waals surface area contributed by atoms with Crippen molar-refractivity contribution in [2.45, 2.75) is 6.92 Å². The fourth-order valence-electron chi connectivity index (χ4n) is 2.62. The maximum atomic E-state index is 13.2. The molecule has 120 valence electrons. The molecule has 6 heteroatoms. The number of anilines is 2. The third kappa shape index (κ3) is 2.69. The van der Waals surface area contributed by atoms with Crippen molar-refractivity contribution in [1.29, 1.82) is 0 Å². The normalized spacial score (nSPS) is 11.1. The summed E-state index contributed by atoms with van der Waals surface area (Å²) >= 11 is 3.94. The molecule has 1 N–H and O–H groups in total. The Morgan fingerprint density at radius 2 is 1.88 bits per heavy atom. The summed E-state index contributed by atoms with van der Waals surface area (Å²) in [5.41, 5.74) is 3.93. The van der Waals surface area contributed by atoms with Gasteiger partial charge < -0.3 is 5.32 Å². The van der Waals surface area contributed by atoms with Crippen molar-refractivity contribution in [3.63, 3.8) is 0 Å². The Hall–Kier alpha value is -1.93. The molecule has 4 rings (SSSR count). The monoisotopic (exact) mass is 449 g/mol. The second-order valence-electron chi connectivity index (χ2n) is 5.42. The van der Waals surface area contributed by atoms with E-state index in [9.17, 15) is 4.39 Å². The van der Waals surface area contributed by atoms with E-state index in [0.29, 0.717) is 0 Å². The van der Waals surface area contributed by atoms with Gasteiger partial charge in [0, 0.05) is 25.9 Å². The molecule has 0 fully saturated rings. The number of thiazole rings is 1. The van der Waals surface area contributed by atoms with E-state index in [2.05, 4.69) is 56.7 Å². The molecular weight excluding hydrogens is 436 g/mol. The summed E-state index contributed by atoms with van der Waals surface area (Å²) < 4.78 is 16.4. The highest BCUT2D eigenvalue weighted by molar-refractivity contribution is 14.1. The van der Waals surface area contributed by atoms with Crippen molar-refractivity contribution in [2.75, 3.05) is 5.32 Å². The second-order valence-corrected chi connectivity index (χ2v) is 7.41. The summed E-state index contributed by atoms with van der Waals surface area (Å²) in [4.78, 5) is 5.76. The highest BCUT2D eigenvalue weighted by Crippen LogP contribution is 2.36. The van der Waals surface area contributed by atoms with Crippen LogP contribution in [0, 0.1) is 16.3 Å². The number of imidazole rings is 1. The predicted molar refractivity (Wildman–Crippen MR) is 106 cm³/mol. The quantitative estimate of drug-likeness (QED) is 0.397. The maximum Gasteiger partial charge on any atom is 0.196 e. The molecule has 24 heavy (non-hydrogen) atoms. The summed E-state index contributed by atoms with van der Waals surface area (Å²) in [6, 6.07) is 14.5. The molecule has 0 radical (unpaired) electrons. The van der Waals surface area contributed by atoms with E-state index in [1.54, 1.807) is 23.5 Å². The molecule has 2 aromatic carbocycles. The van der Waals surface area contributed by atoms with Crippen LogP contribution in [0.3, 0.4) is 0 Å². The Kier molecular flexibility index (Phi) is 4.01. The van der Waals surface area contributed by atoms with Gasteiger partial charge in [0.1, 0.15) is 17.3 Å². The van der Waals surface area contributed by atoms with Crippen LogP contribution in [-0.2, 0) is 0 Å². The van der Waals surface area contributed by atoms with E-state index in [1.807, 2.05) is 12.1 Å². The van der Waals surface area contributed by atoms with E-state index < -0.39 is 0 Å². The van der Waals surface area contributed by atoms with Crippen LogP contribution in [0.5, 0.6) is 0 Å². The minimum Gasteiger partial charge on any atom is -0.339 e. The van der Waals surface area contributed by atoms with Crippen molar-refractivity contribution >= 4 is 50.4 Å². The summed E-state index contributed by atoms with van der Waals surface area (Å²) in [6.07, 6.45) is 0. The third-order valence-corrected chi connectivity index (χ3v) is 5.65. The first-order valence-corrected chi connectivity index (χ1v) is 9.33. The highest BCUT2D eigenvalue weighted by Gasteiger charge is 2.18. The van der Waals surface area contributed by atoms with Crippen LogP contribution in [0.4, 0.5) is 15.9 Å². The number of halogens is 2. The fourth-order valence-corrected chi connectivity index (χ4v) is 4.13. The number of hydrogen-bond acceptors (Lipinski definition) is 3. The van der Waals surface area contributed by atoms with Gasteiger partial charge in [-0.1, -0.05) is 18.2 Å². The topological polar surface area (TPSA) is 29.3 Å². The summed E-state index contributed by atoms with van der Waals surface area (Å²) in [5.74, 6) is 0.656. The summed E-state index contributed by atoms with van der Waals surface area (Å²) in [7, 11) is 0. The molecule has 0 aliphatic carbocycles. The maximum absolute atomic E-state index is 13.2. The Bertz CT molecular complexity index is 1020. The van der Waals surface area contributed by atoms with Crippen LogP contribution in [0.15, 0.2) is 53.9 Å². The number of hydrogen-bond donors (Lipinski definition) is 1. The molecule has 0 bridgehead atoms. The number of rotatable bonds is 3. The zero-order chi connectivity index (χ0) is 16.7. The van der Waals surface area contributed by atoms with Gasteiger partial charge in [-0.25, -0.2) is 9.37 Å². The van der Waals surface area contributed by atoms with Gasteiger partial charge in [0.05, 0.1) is 0 Å². The first-order chi connectivity index (χ1) is 11.6. The highest BCUT2D eigenvalue weighted by atomic mass is 127. The lowest BCUT2D eigenvalue weighted by Gasteiger charge is -2.10. The van der Waals surface area contributed by atoms with Gasteiger partial charge in [-0.3, -0.25) is 4.40 Å². The van der Waals surface area contributed by atoms with Crippen molar-refractivity contribution in [3.8, 4) is 11.3 Å². The first kappa shape index (κ1) is 15.6.